The van der Waals surface area contributed by atoms with E-state index in [1.807, 2.05) is 12.3 Å². The van der Waals surface area contributed by atoms with Gasteiger partial charge in [0, 0.05) is 27.4 Å². The van der Waals surface area contributed by atoms with Crippen molar-refractivity contribution in [2.75, 3.05) is 0 Å². The van der Waals surface area contributed by atoms with Gasteiger partial charge < -0.3 is 4.42 Å². The van der Waals surface area contributed by atoms with Crippen LogP contribution in [0.4, 0.5) is 0 Å². The van der Waals surface area contributed by atoms with Gasteiger partial charge in [-0.25, -0.2) is 0 Å². The molecule has 0 aliphatic carbocycles. The Morgan fingerprint density at radius 3 is 2.52 bits per heavy atom. The van der Waals surface area contributed by atoms with Crippen molar-refractivity contribution in [2.24, 2.45) is 0 Å². The van der Waals surface area contributed by atoms with Gasteiger partial charge in [0.25, 0.3) is 0 Å². The molecule has 6 aromatic rings. The van der Waals surface area contributed by atoms with Crippen molar-refractivity contribution in [1.82, 2.24) is 4.98 Å². The molecule has 33 heavy (non-hydrogen) atoms. The molecule has 0 aliphatic heterocycles. The Bertz CT molecular complexity index is 1660. The second-order valence-electron chi connectivity index (χ2n) is 9.81. The van der Waals surface area contributed by atoms with Crippen molar-refractivity contribution in [1.29, 1.82) is 0 Å². The van der Waals surface area contributed by atoms with Crippen LogP contribution < -0.4 is 0 Å². The van der Waals surface area contributed by atoms with E-state index in [-0.39, 0.29) is 5.41 Å². The molecule has 0 fully saturated rings. The quantitative estimate of drug-likeness (QED) is 0.264. The number of pyridine rings is 1. The second kappa shape index (κ2) is 7.29. The number of nitrogens with zero attached hydrogens (tertiary/aromatic N) is 1. The smallest absolute Gasteiger partial charge is 0.138 e. The molecule has 0 amide bonds. The monoisotopic (exact) mass is 447 g/mol. The summed E-state index contributed by atoms with van der Waals surface area (Å²) in [6, 6.07) is 23.9. The molecule has 3 heterocycles. The highest BCUT2D eigenvalue weighted by atomic mass is 32.1. The predicted molar refractivity (Wildman–Crippen MR) is 141 cm³/mol. The molecule has 162 valence electrons. The van der Waals surface area contributed by atoms with Crippen molar-refractivity contribution < 1.29 is 4.42 Å². The van der Waals surface area contributed by atoms with Gasteiger partial charge in [-0.1, -0.05) is 45.0 Å². The molecular weight excluding hydrogens is 422 g/mol. The van der Waals surface area contributed by atoms with Crippen molar-refractivity contribution >= 4 is 43.2 Å². The molecule has 0 unspecified atom stereocenters. The second-order valence-corrected chi connectivity index (χ2v) is 10.7. The molecular formula is C30H25NOS. The predicted octanol–water partition coefficient (Wildman–Crippen LogP) is 9.14. The van der Waals surface area contributed by atoms with Crippen LogP contribution in [0.25, 0.3) is 54.4 Å². The first kappa shape index (κ1) is 20.2. The fourth-order valence-electron chi connectivity index (χ4n) is 4.71. The zero-order valence-corrected chi connectivity index (χ0v) is 20.1. The van der Waals surface area contributed by atoms with Gasteiger partial charge in [-0.3, -0.25) is 4.98 Å². The maximum atomic E-state index is 6.33. The Labute approximate surface area is 197 Å². The molecule has 3 aromatic carbocycles. The van der Waals surface area contributed by atoms with E-state index in [1.54, 1.807) is 11.3 Å². The standard InChI is InChI=1S/C30H25NOS/c1-18-17-33-28-10-9-20(14-23(18)28)27-16-24-26(32-27)11-12-31-29(24)21-13-19-7-5-6-8-22(19)25(15-21)30(2,3)4/h5-17H,1-4H3. The topological polar surface area (TPSA) is 26.0 Å². The lowest BCUT2D eigenvalue weighted by molar-refractivity contribution is 0.596. The molecule has 2 nitrogen and oxygen atoms in total. The number of rotatable bonds is 2. The van der Waals surface area contributed by atoms with Gasteiger partial charge in [0.2, 0.25) is 0 Å². The van der Waals surface area contributed by atoms with Crippen LogP contribution in [0, 0.1) is 6.92 Å². The van der Waals surface area contributed by atoms with Gasteiger partial charge >= 0.3 is 0 Å². The summed E-state index contributed by atoms with van der Waals surface area (Å²) in [4.78, 5) is 4.81. The van der Waals surface area contributed by atoms with Crippen molar-refractivity contribution in [2.45, 2.75) is 33.1 Å². The molecule has 0 saturated carbocycles. The summed E-state index contributed by atoms with van der Waals surface area (Å²) >= 11 is 1.79. The Hall–Kier alpha value is -3.43. The molecule has 0 atom stereocenters. The number of aryl methyl sites for hydroxylation is 1. The van der Waals surface area contributed by atoms with Crippen LogP contribution >= 0.6 is 11.3 Å². The molecule has 0 bridgehead atoms. The highest BCUT2D eigenvalue weighted by molar-refractivity contribution is 7.17. The molecule has 0 spiro atoms. The third-order valence-electron chi connectivity index (χ3n) is 6.44. The number of aromatic nitrogens is 1. The number of fused-ring (bicyclic) bond motifs is 3. The first-order valence-electron chi connectivity index (χ1n) is 11.3. The lowest BCUT2D eigenvalue weighted by atomic mass is 9.82. The number of benzene rings is 3. The summed E-state index contributed by atoms with van der Waals surface area (Å²) in [7, 11) is 0. The van der Waals surface area contributed by atoms with Crippen molar-refractivity contribution in [3.05, 3.63) is 89.4 Å². The van der Waals surface area contributed by atoms with E-state index >= 15 is 0 Å². The van der Waals surface area contributed by atoms with E-state index in [0.717, 1.165) is 33.6 Å². The normalized spacial score (nSPS) is 12.2. The van der Waals surface area contributed by atoms with E-state index in [1.165, 1.54) is 32.0 Å². The maximum absolute atomic E-state index is 6.33. The van der Waals surface area contributed by atoms with E-state index in [0.29, 0.717) is 0 Å². The van der Waals surface area contributed by atoms with Gasteiger partial charge in [-0.2, -0.15) is 0 Å². The summed E-state index contributed by atoms with van der Waals surface area (Å²) in [5, 5.41) is 7.08. The number of hydrogen-bond donors (Lipinski definition) is 0. The maximum Gasteiger partial charge on any atom is 0.138 e. The summed E-state index contributed by atoms with van der Waals surface area (Å²) in [5.74, 6) is 0.878. The van der Waals surface area contributed by atoms with Gasteiger partial charge in [-0.15, -0.1) is 11.3 Å². The fraction of sp³-hybridized carbons (Fsp3) is 0.167. The Balaban J connectivity index is 1.56. The molecule has 0 aliphatic rings. The summed E-state index contributed by atoms with van der Waals surface area (Å²) in [6.45, 7) is 8.97. The average molecular weight is 448 g/mol. The first-order chi connectivity index (χ1) is 15.9. The van der Waals surface area contributed by atoms with Crippen LogP contribution in [-0.4, -0.2) is 4.98 Å². The molecule has 6 rings (SSSR count). The van der Waals surface area contributed by atoms with Crippen LogP contribution in [0.1, 0.15) is 31.9 Å². The first-order valence-corrected chi connectivity index (χ1v) is 12.2. The van der Waals surface area contributed by atoms with E-state index in [4.69, 9.17) is 9.40 Å². The molecule has 3 aromatic heterocycles. The fourth-order valence-corrected chi connectivity index (χ4v) is 5.64. The van der Waals surface area contributed by atoms with E-state index in [2.05, 4.69) is 93.7 Å². The third kappa shape index (κ3) is 3.35. The van der Waals surface area contributed by atoms with E-state index < -0.39 is 0 Å². The van der Waals surface area contributed by atoms with E-state index in [9.17, 15) is 0 Å². The van der Waals surface area contributed by atoms with Gasteiger partial charge in [0.05, 0.1) is 5.69 Å². The Kier molecular flexibility index (Phi) is 4.46. The van der Waals surface area contributed by atoms with Crippen LogP contribution in [0.3, 0.4) is 0 Å². The number of hydrogen-bond acceptors (Lipinski definition) is 3. The summed E-state index contributed by atoms with van der Waals surface area (Å²) < 4.78 is 7.64. The van der Waals surface area contributed by atoms with Crippen LogP contribution in [0.2, 0.25) is 0 Å². The number of thiophene rings is 1. The zero-order valence-electron chi connectivity index (χ0n) is 19.3. The molecule has 0 radical (unpaired) electrons. The molecule has 3 heteroatoms. The van der Waals surface area contributed by atoms with Crippen LogP contribution in [-0.2, 0) is 5.41 Å². The minimum Gasteiger partial charge on any atom is -0.456 e. The summed E-state index contributed by atoms with van der Waals surface area (Å²) in [6.07, 6.45) is 1.85. The Morgan fingerprint density at radius 1 is 0.818 bits per heavy atom. The minimum atomic E-state index is 0.0267. The highest BCUT2D eigenvalue weighted by Crippen LogP contribution is 2.39. The Morgan fingerprint density at radius 2 is 1.67 bits per heavy atom. The van der Waals surface area contributed by atoms with Gasteiger partial charge in [0.15, 0.2) is 0 Å². The molecule has 0 N–H and O–H groups in total. The van der Waals surface area contributed by atoms with Crippen LogP contribution in [0.15, 0.2) is 82.7 Å². The SMILES string of the molecule is Cc1csc2ccc(-c3cc4c(-c5cc(C(C)(C)C)c6ccccc6c5)nccc4o3)cc12. The number of furan rings is 1. The van der Waals surface area contributed by atoms with Crippen molar-refractivity contribution in [3.8, 4) is 22.6 Å². The lowest BCUT2D eigenvalue weighted by Gasteiger charge is -2.22. The average Bonchev–Trinajstić information content (AvgIpc) is 3.41. The van der Waals surface area contributed by atoms with Crippen molar-refractivity contribution in [3.63, 3.8) is 0 Å². The third-order valence-corrected chi connectivity index (χ3v) is 7.52. The summed E-state index contributed by atoms with van der Waals surface area (Å²) in [5.41, 5.74) is 6.71. The van der Waals surface area contributed by atoms with Gasteiger partial charge in [-0.05, 0) is 87.5 Å². The lowest BCUT2D eigenvalue weighted by Crippen LogP contribution is -2.12. The largest absolute Gasteiger partial charge is 0.456 e. The van der Waals surface area contributed by atoms with Gasteiger partial charge in [0.1, 0.15) is 11.3 Å². The zero-order chi connectivity index (χ0) is 22.7. The minimum absolute atomic E-state index is 0.0267. The molecule has 0 saturated heterocycles. The highest BCUT2D eigenvalue weighted by Gasteiger charge is 2.20. The van der Waals surface area contributed by atoms with Crippen LogP contribution in [0.5, 0.6) is 0 Å².